The molecular weight excluding hydrogens is 747 g/mol. The van der Waals surface area contributed by atoms with Crippen LogP contribution in [0.1, 0.15) is 50.4 Å². The second kappa shape index (κ2) is 18.4. The van der Waals surface area contributed by atoms with Gasteiger partial charge in [-0.2, -0.15) is 10.1 Å². The third-order valence-electron chi connectivity index (χ3n) is 9.38. The van der Waals surface area contributed by atoms with E-state index >= 15 is 4.39 Å². The molecule has 2 aromatic heterocycles. The van der Waals surface area contributed by atoms with Gasteiger partial charge in [0, 0.05) is 49.5 Å². The third-order valence-corrected chi connectivity index (χ3v) is 11.9. The van der Waals surface area contributed by atoms with Crippen LogP contribution in [0.5, 0.6) is 11.6 Å². The molecule has 17 heteroatoms. The van der Waals surface area contributed by atoms with Gasteiger partial charge in [0.15, 0.2) is 21.4 Å². The van der Waals surface area contributed by atoms with E-state index in [2.05, 4.69) is 32.2 Å². The highest BCUT2D eigenvalue weighted by molar-refractivity contribution is 7.96. The molecule has 0 aliphatic carbocycles. The number of sulfone groups is 1. The largest absolute Gasteiger partial charge is 0.434 e. The van der Waals surface area contributed by atoms with Gasteiger partial charge >= 0.3 is 6.03 Å². The van der Waals surface area contributed by atoms with Crippen molar-refractivity contribution < 1.29 is 36.3 Å². The van der Waals surface area contributed by atoms with Crippen molar-refractivity contribution in [3.8, 4) is 11.6 Å². The number of anilines is 1. The van der Waals surface area contributed by atoms with Gasteiger partial charge in [-0.05, 0) is 95.2 Å². The average molecular weight is 797 g/mol. The maximum Gasteiger partial charge on any atom is 0.325 e. The molecule has 1 fully saturated rings. The molecule has 3 heterocycles. The average Bonchev–Trinajstić information content (AvgIpc) is 3.48. The fraction of sp³-hybridized carbons (Fsp3) is 0.436. The number of nitrogens with two attached hydrogens (primary N) is 1. The molecule has 1 aliphatic heterocycles. The van der Waals surface area contributed by atoms with Crippen LogP contribution in [0.4, 0.5) is 19.3 Å². The molecule has 3 amide bonds. The molecule has 5 rings (SSSR count). The Bertz CT molecular complexity index is 2130. The van der Waals surface area contributed by atoms with E-state index in [9.17, 15) is 22.4 Å². The van der Waals surface area contributed by atoms with Crippen LogP contribution < -0.4 is 21.1 Å². The maximum atomic E-state index is 15.4. The summed E-state index contributed by atoms with van der Waals surface area (Å²) in [4.78, 5) is 33.4. The first-order chi connectivity index (χ1) is 26.5. The standard InChI is InChI=1S/C39H50F2N8O6S/c1-26(56(52,53)39(2,3)4)23-47(5)17-19-54-18-14-32-21-28(24-48-15-12-30(42)13-16-48)36-37(43-25-44-49(32)36)55-34-11-10-31(22-33(34)41)45-38(51)46-35(50)20-27-6-8-29(40)9-7-27/h6-11,21-22,25,30H,1,12-20,23-24,42H2,2-5H3,(H2,45,46,50,51). The number of nitrogens with zero attached hydrogens (tertiary/aromatic N) is 5. The molecule has 0 radical (unpaired) electrons. The number of fused-ring (bicyclic) bond motifs is 1. The number of nitrogens with one attached hydrogen (secondary N) is 2. The number of likely N-dealkylation sites (N-methyl/N-ethyl adjacent to an activating group) is 1. The van der Waals surface area contributed by atoms with E-state index in [0.29, 0.717) is 43.8 Å². The van der Waals surface area contributed by atoms with E-state index in [1.807, 2.05) is 18.0 Å². The van der Waals surface area contributed by atoms with Crippen molar-refractivity contribution in [2.45, 2.75) is 63.8 Å². The van der Waals surface area contributed by atoms with Gasteiger partial charge in [0.25, 0.3) is 0 Å². The lowest BCUT2D eigenvalue weighted by atomic mass is 10.1. The molecule has 0 unspecified atom stereocenters. The van der Waals surface area contributed by atoms with Crippen molar-refractivity contribution in [2.24, 2.45) is 5.73 Å². The first kappa shape index (κ1) is 42.3. The zero-order valence-electron chi connectivity index (χ0n) is 32.2. The lowest BCUT2D eigenvalue weighted by molar-refractivity contribution is -0.119. The number of carbonyl (C=O) groups excluding carboxylic acids is 2. The fourth-order valence-electron chi connectivity index (χ4n) is 6.17. The SMILES string of the molecule is C=C(CN(C)CCOCCc1cc(CN2CCC(N)CC2)c2c(Oc3ccc(NC(=O)NC(=O)Cc4ccc(F)cc4)cc3F)ncnn12)S(=O)(=O)C(C)(C)C. The Balaban J connectivity index is 1.24. The minimum Gasteiger partial charge on any atom is -0.434 e. The smallest absolute Gasteiger partial charge is 0.325 e. The zero-order valence-corrected chi connectivity index (χ0v) is 33.0. The summed E-state index contributed by atoms with van der Waals surface area (Å²) < 4.78 is 66.8. The van der Waals surface area contributed by atoms with Crippen LogP contribution in [0.15, 0.2) is 66.3 Å². The number of piperidine rings is 1. The number of halogens is 2. The number of urea groups is 1. The van der Waals surface area contributed by atoms with Crippen LogP contribution in [-0.4, -0.2) is 102 Å². The van der Waals surface area contributed by atoms with Crippen LogP contribution >= 0.6 is 0 Å². The van der Waals surface area contributed by atoms with Crippen molar-refractivity contribution in [3.05, 3.63) is 94.8 Å². The number of carbonyl (C=O) groups is 2. The number of ether oxygens (including phenoxy) is 2. The van der Waals surface area contributed by atoms with E-state index in [4.69, 9.17) is 15.2 Å². The number of hydrogen-bond acceptors (Lipinski definition) is 11. The van der Waals surface area contributed by atoms with Gasteiger partial charge in [0.1, 0.15) is 17.7 Å². The summed E-state index contributed by atoms with van der Waals surface area (Å²) in [5.41, 5.74) is 9.02. The van der Waals surface area contributed by atoms with Gasteiger partial charge in [0.05, 0.1) is 29.3 Å². The summed E-state index contributed by atoms with van der Waals surface area (Å²) in [5.74, 6) is -1.86. The van der Waals surface area contributed by atoms with E-state index in [0.717, 1.165) is 43.3 Å². The molecule has 0 atom stereocenters. The Morgan fingerprint density at radius 1 is 1.07 bits per heavy atom. The van der Waals surface area contributed by atoms with Crippen molar-refractivity contribution in [2.75, 3.05) is 51.8 Å². The van der Waals surface area contributed by atoms with Crippen LogP contribution in [0.2, 0.25) is 0 Å². The van der Waals surface area contributed by atoms with Gasteiger partial charge in [0.2, 0.25) is 11.8 Å². The summed E-state index contributed by atoms with van der Waals surface area (Å²) in [6.45, 7) is 12.4. The Labute approximate surface area is 326 Å². The Morgan fingerprint density at radius 2 is 1.79 bits per heavy atom. The van der Waals surface area contributed by atoms with Crippen molar-refractivity contribution in [1.29, 1.82) is 0 Å². The molecule has 0 saturated carbocycles. The molecule has 1 saturated heterocycles. The Hall–Kier alpha value is -4.81. The summed E-state index contributed by atoms with van der Waals surface area (Å²) in [7, 11) is -1.67. The number of hydrogen-bond donors (Lipinski definition) is 3. The highest BCUT2D eigenvalue weighted by Gasteiger charge is 2.32. The minimum atomic E-state index is -3.49. The number of amides is 3. The monoisotopic (exact) mass is 796 g/mol. The highest BCUT2D eigenvalue weighted by Crippen LogP contribution is 2.32. The first-order valence-corrected chi connectivity index (χ1v) is 19.8. The quantitative estimate of drug-likeness (QED) is 0.133. The predicted octanol–water partition coefficient (Wildman–Crippen LogP) is 4.83. The topological polar surface area (TPSA) is 173 Å². The van der Waals surface area contributed by atoms with Crippen LogP contribution in [0, 0.1) is 11.6 Å². The first-order valence-electron chi connectivity index (χ1n) is 18.3. The molecular formula is C39H50F2N8O6S. The number of aromatic nitrogens is 3. The zero-order chi connectivity index (χ0) is 40.6. The van der Waals surface area contributed by atoms with Gasteiger partial charge in [-0.3, -0.25) is 19.9 Å². The molecule has 56 heavy (non-hydrogen) atoms. The summed E-state index contributed by atoms with van der Waals surface area (Å²) >= 11 is 0. The lowest BCUT2D eigenvalue weighted by Crippen LogP contribution is -2.39. The highest BCUT2D eigenvalue weighted by atomic mass is 32.2. The van der Waals surface area contributed by atoms with Gasteiger partial charge < -0.3 is 20.5 Å². The van der Waals surface area contributed by atoms with Crippen molar-refractivity contribution >= 4 is 33.0 Å². The minimum absolute atomic E-state index is 0.0785. The number of benzene rings is 2. The molecule has 302 valence electrons. The van der Waals surface area contributed by atoms with Gasteiger partial charge in [-0.15, -0.1) is 0 Å². The van der Waals surface area contributed by atoms with Crippen LogP contribution in [0.3, 0.4) is 0 Å². The summed E-state index contributed by atoms with van der Waals surface area (Å²) in [6, 6.07) is 10.5. The predicted molar refractivity (Wildman–Crippen MR) is 209 cm³/mol. The maximum absolute atomic E-state index is 15.4. The fourth-order valence-corrected chi connectivity index (χ4v) is 7.43. The van der Waals surface area contributed by atoms with Crippen molar-refractivity contribution in [3.63, 3.8) is 0 Å². The number of rotatable bonds is 16. The molecule has 0 spiro atoms. The van der Waals surface area contributed by atoms with Gasteiger partial charge in [-0.1, -0.05) is 18.7 Å². The molecule has 4 aromatic rings. The van der Waals surface area contributed by atoms with E-state index in [1.54, 1.807) is 25.3 Å². The number of likely N-dealkylation sites (tertiary alicyclic amines) is 1. The Kier molecular flexibility index (Phi) is 13.9. The molecule has 0 bridgehead atoms. The summed E-state index contributed by atoms with van der Waals surface area (Å²) in [6.07, 6.45) is 3.39. The van der Waals surface area contributed by atoms with E-state index in [-0.39, 0.29) is 41.2 Å². The van der Waals surface area contributed by atoms with Crippen LogP contribution in [-0.2, 0) is 38.8 Å². The number of imide groups is 1. The summed E-state index contributed by atoms with van der Waals surface area (Å²) in [5, 5.41) is 9.10. The molecule has 14 nitrogen and oxygen atoms in total. The second-order valence-corrected chi connectivity index (χ2v) is 17.7. The van der Waals surface area contributed by atoms with E-state index in [1.165, 1.54) is 42.7 Å². The van der Waals surface area contributed by atoms with Gasteiger partial charge in [-0.25, -0.2) is 26.5 Å². The molecule has 1 aliphatic rings. The lowest BCUT2D eigenvalue weighted by Gasteiger charge is -2.29. The molecule has 2 aromatic carbocycles. The van der Waals surface area contributed by atoms with Crippen LogP contribution in [0.25, 0.3) is 5.52 Å². The van der Waals surface area contributed by atoms with Crippen molar-refractivity contribution in [1.82, 2.24) is 29.7 Å². The van der Waals surface area contributed by atoms with E-state index < -0.39 is 38.2 Å². The Morgan fingerprint density at radius 3 is 2.46 bits per heavy atom. The second-order valence-electron chi connectivity index (χ2n) is 14.9. The third kappa shape index (κ3) is 11.2. The molecule has 4 N–H and O–H groups in total. The normalized spacial score (nSPS) is 14.3.